The van der Waals surface area contributed by atoms with Gasteiger partial charge in [0.2, 0.25) is 0 Å². The maximum absolute atomic E-state index is 12.1. The zero-order valence-electron chi connectivity index (χ0n) is 11.6. The van der Waals surface area contributed by atoms with Crippen LogP contribution in [0.15, 0.2) is 23.0 Å². The number of aromatic amines is 1. The Morgan fingerprint density at radius 2 is 2.26 bits per heavy atom. The summed E-state index contributed by atoms with van der Waals surface area (Å²) in [5.74, 6) is 0.580. The summed E-state index contributed by atoms with van der Waals surface area (Å²) in [6.45, 7) is 5.13. The van der Waals surface area contributed by atoms with Gasteiger partial charge in [-0.05, 0) is 50.9 Å². The largest absolute Gasteiger partial charge is 0.326 e. The first-order chi connectivity index (χ1) is 9.15. The molecular weight excluding hydrogens is 238 g/mol. The average Bonchev–Trinajstić information content (AvgIpc) is 2.69. The fraction of sp³-hybridized carbons (Fsp3) is 0.533. The van der Waals surface area contributed by atoms with E-state index in [-0.39, 0.29) is 5.69 Å². The van der Waals surface area contributed by atoms with Crippen LogP contribution >= 0.6 is 0 Å². The molecule has 2 aromatic rings. The summed E-state index contributed by atoms with van der Waals surface area (Å²) in [7, 11) is 2.16. The molecule has 19 heavy (non-hydrogen) atoms. The van der Waals surface area contributed by atoms with Crippen molar-refractivity contribution >= 4 is 11.0 Å². The predicted molar refractivity (Wildman–Crippen MR) is 77.5 cm³/mol. The molecule has 3 rings (SSSR count). The number of hydrogen-bond donors (Lipinski definition) is 1. The van der Waals surface area contributed by atoms with Crippen LogP contribution in [0.5, 0.6) is 0 Å². The first kappa shape index (κ1) is 12.5. The van der Waals surface area contributed by atoms with Gasteiger partial charge in [0, 0.05) is 13.1 Å². The molecule has 0 aliphatic carbocycles. The first-order valence-electron chi connectivity index (χ1n) is 7.02. The molecule has 1 aromatic heterocycles. The highest BCUT2D eigenvalue weighted by atomic mass is 16.1. The minimum absolute atomic E-state index is 0.0255. The third-order valence-corrected chi connectivity index (χ3v) is 4.18. The lowest BCUT2D eigenvalue weighted by atomic mass is 9.98. The molecule has 0 amide bonds. The van der Waals surface area contributed by atoms with Crippen molar-refractivity contribution in [1.82, 2.24) is 14.5 Å². The summed E-state index contributed by atoms with van der Waals surface area (Å²) >= 11 is 0. The van der Waals surface area contributed by atoms with Gasteiger partial charge in [0.15, 0.2) is 0 Å². The predicted octanol–water partition coefficient (Wildman–Crippen LogP) is 1.98. The minimum atomic E-state index is 0.0255. The maximum Gasteiger partial charge on any atom is 0.326 e. The van der Waals surface area contributed by atoms with Gasteiger partial charge in [0.05, 0.1) is 11.0 Å². The van der Waals surface area contributed by atoms with E-state index in [0.717, 1.165) is 29.7 Å². The highest BCUT2D eigenvalue weighted by molar-refractivity contribution is 5.78. The molecule has 2 heterocycles. The number of likely N-dealkylation sites (tertiary alicyclic amines) is 1. The van der Waals surface area contributed by atoms with Crippen molar-refractivity contribution < 1.29 is 0 Å². The van der Waals surface area contributed by atoms with Gasteiger partial charge >= 0.3 is 5.69 Å². The third kappa shape index (κ3) is 2.32. The second-order valence-corrected chi connectivity index (χ2v) is 5.78. The van der Waals surface area contributed by atoms with Gasteiger partial charge in [-0.1, -0.05) is 12.1 Å². The molecule has 1 N–H and O–H groups in total. The average molecular weight is 259 g/mol. The second kappa shape index (κ2) is 4.85. The standard InChI is InChI=1S/C15H21N3O/c1-11-5-3-7-13-14(11)16-15(19)18(13)10-12-6-4-8-17(2)9-12/h3,5,7,12H,4,6,8-10H2,1-2H3,(H,16,19). The van der Waals surface area contributed by atoms with Crippen molar-refractivity contribution in [3.63, 3.8) is 0 Å². The molecule has 1 fully saturated rings. The number of nitrogens with one attached hydrogen (secondary N) is 1. The van der Waals surface area contributed by atoms with Gasteiger partial charge in [-0.2, -0.15) is 0 Å². The molecule has 0 bridgehead atoms. The number of aromatic nitrogens is 2. The lowest BCUT2D eigenvalue weighted by Gasteiger charge is -2.29. The van der Waals surface area contributed by atoms with Crippen molar-refractivity contribution in [2.24, 2.45) is 5.92 Å². The molecule has 1 aromatic carbocycles. The Labute approximate surface area is 113 Å². The van der Waals surface area contributed by atoms with E-state index in [9.17, 15) is 4.79 Å². The Hall–Kier alpha value is -1.55. The van der Waals surface area contributed by atoms with Gasteiger partial charge in [-0.3, -0.25) is 4.57 Å². The number of hydrogen-bond acceptors (Lipinski definition) is 2. The van der Waals surface area contributed by atoms with E-state index >= 15 is 0 Å². The number of nitrogens with zero attached hydrogens (tertiary/aromatic N) is 2. The van der Waals surface area contributed by atoms with Crippen LogP contribution in [-0.2, 0) is 6.54 Å². The highest BCUT2D eigenvalue weighted by Crippen LogP contribution is 2.20. The lowest BCUT2D eigenvalue weighted by molar-refractivity contribution is 0.194. The summed E-state index contributed by atoms with van der Waals surface area (Å²) in [6, 6.07) is 6.10. The first-order valence-corrected chi connectivity index (χ1v) is 7.02. The number of benzene rings is 1. The van der Waals surface area contributed by atoms with Crippen molar-refractivity contribution in [3.05, 3.63) is 34.2 Å². The molecule has 4 nitrogen and oxygen atoms in total. The SMILES string of the molecule is Cc1cccc2c1[nH]c(=O)n2CC1CCCN(C)C1. The van der Waals surface area contributed by atoms with Crippen LogP contribution in [0.4, 0.5) is 0 Å². The Bertz CT molecular complexity index is 640. The molecule has 1 aliphatic rings. The van der Waals surface area contributed by atoms with Crippen LogP contribution < -0.4 is 5.69 Å². The fourth-order valence-electron chi connectivity index (χ4n) is 3.19. The Balaban J connectivity index is 1.94. The molecule has 102 valence electrons. The van der Waals surface area contributed by atoms with Crippen molar-refractivity contribution in [3.8, 4) is 0 Å². The van der Waals surface area contributed by atoms with Crippen LogP contribution in [0.3, 0.4) is 0 Å². The van der Waals surface area contributed by atoms with Crippen LogP contribution in [0.25, 0.3) is 11.0 Å². The van der Waals surface area contributed by atoms with Crippen LogP contribution in [-0.4, -0.2) is 34.6 Å². The second-order valence-electron chi connectivity index (χ2n) is 5.78. The van der Waals surface area contributed by atoms with Gasteiger partial charge in [-0.15, -0.1) is 0 Å². The number of H-pyrrole nitrogens is 1. The number of fused-ring (bicyclic) bond motifs is 1. The Morgan fingerprint density at radius 3 is 3.05 bits per heavy atom. The quantitative estimate of drug-likeness (QED) is 0.896. The van der Waals surface area contributed by atoms with Gasteiger partial charge < -0.3 is 9.88 Å². The van der Waals surface area contributed by atoms with Crippen LogP contribution in [0.1, 0.15) is 18.4 Å². The molecule has 0 saturated carbocycles. The topological polar surface area (TPSA) is 41.0 Å². The summed E-state index contributed by atoms with van der Waals surface area (Å²) in [4.78, 5) is 17.5. The minimum Gasteiger partial charge on any atom is -0.306 e. The summed E-state index contributed by atoms with van der Waals surface area (Å²) < 4.78 is 1.91. The normalized spacial score (nSPS) is 21.1. The molecule has 1 unspecified atom stereocenters. The van der Waals surface area contributed by atoms with Crippen molar-refractivity contribution in [1.29, 1.82) is 0 Å². The molecule has 0 spiro atoms. The van der Waals surface area contributed by atoms with Gasteiger partial charge in [-0.25, -0.2) is 4.79 Å². The van der Waals surface area contributed by atoms with E-state index in [1.54, 1.807) is 0 Å². The van der Waals surface area contributed by atoms with E-state index in [2.05, 4.69) is 16.9 Å². The van der Waals surface area contributed by atoms with E-state index in [1.165, 1.54) is 19.4 Å². The molecule has 1 atom stereocenters. The smallest absolute Gasteiger partial charge is 0.306 e. The van der Waals surface area contributed by atoms with Crippen molar-refractivity contribution in [2.75, 3.05) is 20.1 Å². The summed E-state index contributed by atoms with van der Waals surface area (Å²) in [5, 5.41) is 0. The van der Waals surface area contributed by atoms with E-state index in [4.69, 9.17) is 0 Å². The summed E-state index contributed by atoms with van der Waals surface area (Å²) in [6.07, 6.45) is 2.45. The lowest BCUT2D eigenvalue weighted by Crippen LogP contribution is -2.35. The monoisotopic (exact) mass is 259 g/mol. The number of rotatable bonds is 2. The molecular formula is C15H21N3O. The van der Waals surface area contributed by atoms with Gasteiger partial charge in [0.25, 0.3) is 0 Å². The zero-order chi connectivity index (χ0) is 13.4. The fourth-order valence-corrected chi connectivity index (χ4v) is 3.19. The summed E-state index contributed by atoms with van der Waals surface area (Å²) in [5.41, 5.74) is 3.18. The third-order valence-electron chi connectivity index (χ3n) is 4.18. The highest BCUT2D eigenvalue weighted by Gasteiger charge is 2.19. The van der Waals surface area contributed by atoms with E-state index in [0.29, 0.717) is 5.92 Å². The molecule has 0 radical (unpaired) electrons. The Morgan fingerprint density at radius 1 is 1.42 bits per heavy atom. The molecule has 4 heteroatoms. The van der Waals surface area contributed by atoms with Crippen molar-refractivity contribution in [2.45, 2.75) is 26.3 Å². The maximum atomic E-state index is 12.1. The molecule has 1 aliphatic heterocycles. The zero-order valence-corrected chi connectivity index (χ0v) is 11.6. The van der Waals surface area contributed by atoms with E-state index < -0.39 is 0 Å². The van der Waals surface area contributed by atoms with Crippen LogP contribution in [0, 0.1) is 12.8 Å². The van der Waals surface area contributed by atoms with Crippen LogP contribution in [0.2, 0.25) is 0 Å². The number of para-hydroxylation sites is 1. The van der Waals surface area contributed by atoms with E-state index in [1.807, 2.05) is 29.7 Å². The molecule has 1 saturated heterocycles. The Kier molecular flexibility index (Phi) is 3.19. The number of piperidine rings is 1. The van der Waals surface area contributed by atoms with Gasteiger partial charge in [0.1, 0.15) is 0 Å². The number of imidazole rings is 1. The number of aryl methyl sites for hydroxylation is 1.